The summed E-state index contributed by atoms with van der Waals surface area (Å²) in [5.41, 5.74) is 12.5. The van der Waals surface area contributed by atoms with Crippen LogP contribution < -0.4 is 10.5 Å². The molecule has 0 saturated carbocycles. The highest BCUT2D eigenvalue weighted by molar-refractivity contribution is 5.98. The number of rotatable bonds is 3. The van der Waals surface area contributed by atoms with Crippen molar-refractivity contribution in [3.05, 3.63) is 65.0 Å². The van der Waals surface area contributed by atoms with Gasteiger partial charge in [0.25, 0.3) is 0 Å². The minimum absolute atomic E-state index is 0.246. The van der Waals surface area contributed by atoms with Gasteiger partial charge >= 0.3 is 0 Å². The Balaban J connectivity index is 1.56. The molecule has 28 heavy (non-hydrogen) atoms. The maximum Gasteiger partial charge on any atom is 0.161 e. The van der Waals surface area contributed by atoms with Crippen LogP contribution in [0.1, 0.15) is 28.4 Å². The summed E-state index contributed by atoms with van der Waals surface area (Å²) in [7, 11) is 1.66. The van der Waals surface area contributed by atoms with Crippen molar-refractivity contribution in [3.8, 4) is 17.0 Å². The van der Waals surface area contributed by atoms with E-state index in [2.05, 4.69) is 39.4 Å². The Bertz CT molecular complexity index is 1170. The Kier molecular flexibility index (Phi) is 3.79. The fraction of sp³-hybridized carbons (Fsp3) is 0.227. The summed E-state index contributed by atoms with van der Waals surface area (Å²) in [5, 5.41) is 8.27. The maximum absolute atomic E-state index is 6.37. The first-order chi connectivity index (χ1) is 13.6. The molecule has 2 heterocycles. The van der Waals surface area contributed by atoms with Gasteiger partial charge in [-0.25, -0.2) is 9.97 Å². The van der Waals surface area contributed by atoms with E-state index >= 15 is 0 Å². The molecule has 0 radical (unpaired) electrons. The van der Waals surface area contributed by atoms with Gasteiger partial charge in [0.05, 0.1) is 12.5 Å². The van der Waals surface area contributed by atoms with Crippen LogP contribution in [0.3, 0.4) is 0 Å². The molecule has 1 aliphatic carbocycles. The van der Waals surface area contributed by atoms with Crippen molar-refractivity contribution in [2.75, 3.05) is 12.8 Å². The van der Waals surface area contributed by atoms with Gasteiger partial charge in [-0.15, -0.1) is 0 Å². The third kappa shape index (κ3) is 2.60. The number of ether oxygens (including phenoxy) is 1. The number of aromatic nitrogens is 4. The lowest BCUT2D eigenvalue weighted by Gasteiger charge is -2.09. The first kappa shape index (κ1) is 16.7. The molecule has 0 bridgehead atoms. The van der Waals surface area contributed by atoms with E-state index in [-0.39, 0.29) is 5.92 Å². The van der Waals surface area contributed by atoms with Crippen molar-refractivity contribution < 1.29 is 4.74 Å². The number of benzene rings is 2. The van der Waals surface area contributed by atoms with Crippen LogP contribution in [-0.4, -0.2) is 27.3 Å². The van der Waals surface area contributed by atoms with Gasteiger partial charge in [0.2, 0.25) is 0 Å². The van der Waals surface area contributed by atoms with Crippen molar-refractivity contribution in [2.24, 2.45) is 0 Å². The highest BCUT2D eigenvalue weighted by Crippen LogP contribution is 2.36. The predicted octanol–water partition coefficient (Wildman–Crippen LogP) is 3.80. The van der Waals surface area contributed by atoms with E-state index in [1.54, 1.807) is 7.11 Å². The molecule has 0 saturated heterocycles. The van der Waals surface area contributed by atoms with Crippen LogP contribution in [0.25, 0.3) is 22.3 Å². The molecule has 3 N–H and O–H groups in total. The molecule has 0 amide bonds. The molecule has 0 atom stereocenters. The van der Waals surface area contributed by atoms with Crippen LogP contribution in [0, 0.1) is 6.92 Å². The predicted molar refractivity (Wildman–Crippen MR) is 109 cm³/mol. The van der Waals surface area contributed by atoms with Gasteiger partial charge in [-0.3, -0.25) is 5.10 Å². The van der Waals surface area contributed by atoms with Crippen molar-refractivity contribution in [3.63, 3.8) is 0 Å². The molecule has 0 spiro atoms. The van der Waals surface area contributed by atoms with Crippen LogP contribution in [0.15, 0.2) is 42.5 Å². The van der Waals surface area contributed by atoms with Crippen LogP contribution in [0.5, 0.6) is 5.75 Å². The zero-order chi connectivity index (χ0) is 19.3. The number of H-pyrrole nitrogens is 1. The number of fused-ring (bicyclic) bond motifs is 2. The number of hydrogen-bond donors (Lipinski definition) is 2. The minimum Gasteiger partial charge on any atom is -0.496 e. The second-order valence-electron chi connectivity index (χ2n) is 7.32. The number of aromatic amines is 1. The van der Waals surface area contributed by atoms with Crippen molar-refractivity contribution >= 4 is 16.9 Å². The molecule has 6 nitrogen and oxygen atoms in total. The van der Waals surface area contributed by atoms with Gasteiger partial charge in [-0.05, 0) is 42.5 Å². The Morgan fingerprint density at radius 1 is 1.07 bits per heavy atom. The van der Waals surface area contributed by atoms with Gasteiger partial charge in [0.15, 0.2) is 5.65 Å². The zero-order valence-electron chi connectivity index (χ0n) is 15.9. The lowest BCUT2D eigenvalue weighted by Crippen LogP contribution is -2.07. The van der Waals surface area contributed by atoms with E-state index in [1.807, 2.05) is 25.1 Å². The quantitative estimate of drug-likeness (QED) is 0.572. The molecule has 140 valence electrons. The summed E-state index contributed by atoms with van der Waals surface area (Å²) < 4.78 is 5.44. The SMILES string of the molecule is COc1cc(-c2n[nH]c3nc(C4Cc5ccccc5C4)nc(N)c23)ccc1C. The smallest absolute Gasteiger partial charge is 0.161 e. The average Bonchev–Trinajstić information content (AvgIpc) is 3.32. The second-order valence-corrected chi connectivity index (χ2v) is 7.32. The van der Waals surface area contributed by atoms with E-state index in [9.17, 15) is 0 Å². The Morgan fingerprint density at radius 2 is 1.82 bits per heavy atom. The fourth-order valence-electron chi connectivity index (χ4n) is 4.08. The zero-order valence-corrected chi connectivity index (χ0v) is 15.9. The number of nitrogens with zero attached hydrogens (tertiary/aromatic N) is 3. The number of aryl methyl sites for hydroxylation is 1. The van der Waals surface area contributed by atoms with E-state index in [0.29, 0.717) is 11.5 Å². The van der Waals surface area contributed by atoms with Crippen LogP contribution in [0.4, 0.5) is 5.82 Å². The van der Waals surface area contributed by atoms with E-state index in [4.69, 9.17) is 15.5 Å². The Morgan fingerprint density at radius 3 is 2.54 bits per heavy atom. The molecule has 2 aromatic carbocycles. The highest BCUT2D eigenvalue weighted by atomic mass is 16.5. The van der Waals surface area contributed by atoms with Crippen molar-refractivity contribution in [2.45, 2.75) is 25.7 Å². The van der Waals surface area contributed by atoms with Crippen LogP contribution in [0.2, 0.25) is 0 Å². The summed E-state index contributed by atoms with van der Waals surface area (Å²) in [4.78, 5) is 9.43. The lowest BCUT2D eigenvalue weighted by atomic mass is 10.0. The monoisotopic (exact) mass is 371 g/mol. The van der Waals surface area contributed by atoms with Gasteiger partial charge in [0.1, 0.15) is 23.1 Å². The topological polar surface area (TPSA) is 89.7 Å². The highest BCUT2D eigenvalue weighted by Gasteiger charge is 2.26. The standard InChI is InChI=1S/C22H21N5O/c1-12-7-8-15(11-17(12)28-2)19-18-20(23)24-21(25-22(18)27-26-19)16-9-13-5-3-4-6-14(13)10-16/h3-8,11,16H,9-10H2,1-2H3,(H3,23,24,25,26,27). The van der Waals surface area contributed by atoms with Gasteiger partial charge in [-0.2, -0.15) is 5.10 Å². The second kappa shape index (κ2) is 6.34. The molecule has 0 aliphatic heterocycles. The maximum atomic E-state index is 6.37. The van der Waals surface area contributed by atoms with Crippen LogP contribution >= 0.6 is 0 Å². The van der Waals surface area contributed by atoms with Gasteiger partial charge < -0.3 is 10.5 Å². The molecule has 0 unspecified atom stereocenters. The first-order valence-corrected chi connectivity index (χ1v) is 9.37. The number of methoxy groups -OCH3 is 1. The normalized spacial score (nSPS) is 13.8. The third-order valence-electron chi connectivity index (χ3n) is 5.56. The lowest BCUT2D eigenvalue weighted by molar-refractivity contribution is 0.412. The molecule has 6 heteroatoms. The first-order valence-electron chi connectivity index (χ1n) is 9.37. The van der Waals surface area contributed by atoms with E-state index in [1.165, 1.54) is 11.1 Å². The van der Waals surface area contributed by atoms with Crippen LogP contribution in [-0.2, 0) is 12.8 Å². The average molecular weight is 371 g/mol. The Labute approximate surface area is 162 Å². The summed E-state index contributed by atoms with van der Waals surface area (Å²) >= 11 is 0. The number of nitrogen functional groups attached to an aromatic ring is 1. The van der Waals surface area contributed by atoms with E-state index < -0.39 is 0 Å². The van der Waals surface area contributed by atoms with Gasteiger partial charge in [-0.1, -0.05) is 36.4 Å². The van der Waals surface area contributed by atoms with Crippen molar-refractivity contribution in [1.82, 2.24) is 20.2 Å². The number of hydrogen-bond acceptors (Lipinski definition) is 5. The molecule has 2 aromatic heterocycles. The van der Waals surface area contributed by atoms with Crippen molar-refractivity contribution in [1.29, 1.82) is 0 Å². The minimum atomic E-state index is 0.246. The third-order valence-corrected chi connectivity index (χ3v) is 5.56. The molecular weight excluding hydrogens is 350 g/mol. The molecule has 5 rings (SSSR count). The molecule has 1 aliphatic rings. The summed E-state index contributed by atoms with van der Waals surface area (Å²) in [6.07, 6.45) is 1.88. The largest absolute Gasteiger partial charge is 0.496 e. The number of anilines is 1. The Hall–Kier alpha value is -3.41. The molecule has 0 fully saturated rings. The summed E-state index contributed by atoms with van der Waals surface area (Å²) in [6.45, 7) is 2.01. The number of nitrogens with two attached hydrogens (primary N) is 1. The summed E-state index contributed by atoms with van der Waals surface area (Å²) in [6, 6.07) is 14.5. The summed E-state index contributed by atoms with van der Waals surface area (Å²) in [5.74, 6) is 2.29. The molecule has 4 aromatic rings. The molecular formula is C22H21N5O. The van der Waals surface area contributed by atoms with E-state index in [0.717, 1.165) is 46.6 Å². The fourth-order valence-corrected chi connectivity index (χ4v) is 4.08. The van der Waals surface area contributed by atoms with Gasteiger partial charge in [0, 0.05) is 11.5 Å². The number of nitrogens with one attached hydrogen (secondary N) is 1.